The number of benzene rings is 2. The fourth-order valence-electron chi connectivity index (χ4n) is 2.95. The van der Waals surface area contributed by atoms with Crippen LogP contribution in [0.1, 0.15) is 18.4 Å². The fraction of sp³-hybridized carbons (Fsp3) is 0.350. The Labute approximate surface area is 147 Å². The van der Waals surface area contributed by atoms with E-state index in [0.717, 1.165) is 19.3 Å². The van der Waals surface area contributed by atoms with Crippen molar-refractivity contribution in [3.05, 3.63) is 66.0 Å². The Balaban J connectivity index is 1.38. The maximum absolute atomic E-state index is 12.9. The van der Waals surface area contributed by atoms with Crippen LogP contribution in [0.25, 0.3) is 0 Å². The highest BCUT2D eigenvalue weighted by molar-refractivity contribution is 5.74. The van der Waals surface area contributed by atoms with E-state index in [-0.39, 0.29) is 18.0 Å². The molecule has 5 heteroatoms. The van der Waals surface area contributed by atoms with E-state index in [2.05, 4.69) is 17.4 Å². The molecule has 1 heterocycles. The maximum atomic E-state index is 12.9. The molecule has 2 aromatic carbocycles. The van der Waals surface area contributed by atoms with Crippen molar-refractivity contribution in [1.82, 2.24) is 10.2 Å². The number of amides is 2. The summed E-state index contributed by atoms with van der Waals surface area (Å²) in [5, 5.41) is 2.98. The lowest BCUT2D eigenvalue weighted by Gasteiger charge is -2.32. The number of carbonyl (C=O) groups is 1. The normalized spacial score (nSPS) is 15.0. The Morgan fingerprint density at radius 1 is 1.08 bits per heavy atom. The average molecular weight is 342 g/mol. The Morgan fingerprint density at radius 3 is 2.44 bits per heavy atom. The Bertz CT molecular complexity index is 668. The zero-order valence-electron chi connectivity index (χ0n) is 14.2. The molecule has 0 saturated carbocycles. The molecule has 2 aromatic rings. The first-order chi connectivity index (χ1) is 12.2. The third-order valence-corrected chi connectivity index (χ3v) is 4.38. The average Bonchev–Trinajstić information content (AvgIpc) is 2.65. The second kappa shape index (κ2) is 8.51. The minimum Gasteiger partial charge on any atom is -0.490 e. The Morgan fingerprint density at radius 2 is 1.76 bits per heavy atom. The smallest absolute Gasteiger partial charge is 0.317 e. The molecule has 0 spiro atoms. The van der Waals surface area contributed by atoms with Crippen LogP contribution in [0.4, 0.5) is 9.18 Å². The molecule has 0 unspecified atom stereocenters. The summed E-state index contributed by atoms with van der Waals surface area (Å²) in [4.78, 5) is 14.1. The molecule has 1 saturated heterocycles. The highest BCUT2D eigenvalue weighted by Gasteiger charge is 2.23. The van der Waals surface area contributed by atoms with Crippen LogP contribution < -0.4 is 10.1 Å². The van der Waals surface area contributed by atoms with Gasteiger partial charge >= 0.3 is 6.03 Å². The summed E-state index contributed by atoms with van der Waals surface area (Å²) in [6.07, 6.45) is 2.46. The van der Waals surface area contributed by atoms with E-state index in [9.17, 15) is 9.18 Å². The van der Waals surface area contributed by atoms with Crippen molar-refractivity contribution in [2.75, 3.05) is 19.6 Å². The van der Waals surface area contributed by atoms with Crippen LogP contribution in [0.15, 0.2) is 54.6 Å². The van der Waals surface area contributed by atoms with Gasteiger partial charge < -0.3 is 15.0 Å². The number of halogens is 1. The molecule has 25 heavy (non-hydrogen) atoms. The lowest BCUT2D eigenvalue weighted by molar-refractivity contribution is 0.111. The number of hydrogen-bond acceptors (Lipinski definition) is 2. The van der Waals surface area contributed by atoms with E-state index >= 15 is 0 Å². The van der Waals surface area contributed by atoms with Gasteiger partial charge in [-0.3, -0.25) is 0 Å². The monoisotopic (exact) mass is 342 g/mol. The summed E-state index contributed by atoms with van der Waals surface area (Å²) >= 11 is 0. The molecule has 132 valence electrons. The highest BCUT2D eigenvalue weighted by Crippen LogP contribution is 2.19. The zero-order chi connectivity index (χ0) is 17.5. The molecule has 1 N–H and O–H groups in total. The van der Waals surface area contributed by atoms with Crippen LogP contribution in [0, 0.1) is 5.82 Å². The summed E-state index contributed by atoms with van der Waals surface area (Å²) in [5.74, 6) is 0.404. The van der Waals surface area contributed by atoms with Gasteiger partial charge in [-0.15, -0.1) is 0 Å². The van der Waals surface area contributed by atoms with E-state index in [1.54, 1.807) is 12.1 Å². The molecule has 1 aliphatic rings. The molecule has 0 atom stereocenters. The van der Waals surface area contributed by atoms with Crippen molar-refractivity contribution in [2.45, 2.75) is 25.4 Å². The van der Waals surface area contributed by atoms with Crippen molar-refractivity contribution in [3.8, 4) is 5.75 Å². The quantitative estimate of drug-likeness (QED) is 0.902. The van der Waals surface area contributed by atoms with Crippen molar-refractivity contribution in [3.63, 3.8) is 0 Å². The molecule has 2 amide bonds. The van der Waals surface area contributed by atoms with E-state index in [1.165, 1.54) is 17.7 Å². The molecule has 0 bridgehead atoms. The number of urea groups is 1. The van der Waals surface area contributed by atoms with Gasteiger partial charge in [0.2, 0.25) is 0 Å². The minimum atomic E-state index is -0.269. The second-order valence-electron chi connectivity index (χ2n) is 6.23. The van der Waals surface area contributed by atoms with Crippen molar-refractivity contribution in [2.24, 2.45) is 0 Å². The number of carbonyl (C=O) groups excluding carboxylic acids is 1. The number of nitrogens with one attached hydrogen (secondary N) is 1. The van der Waals surface area contributed by atoms with Gasteiger partial charge in [-0.2, -0.15) is 0 Å². The number of piperidine rings is 1. The van der Waals surface area contributed by atoms with Crippen LogP contribution >= 0.6 is 0 Å². The maximum Gasteiger partial charge on any atom is 0.317 e. The molecule has 3 rings (SSSR count). The van der Waals surface area contributed by atoms with Gasteiger partial charge in [0.1, 0.15) is 17.7 Å². The summed E-state index contributed by atoms with van der Waals surface area (Å²) < 4.78 is 18.8. The van der Waals surface area contributed by atoms with E-state index in [4.69, 9.17) is 4.74 Å². The standard InChI is InChI=1S/C20H23FN2O2/c21-17-6-8-18(9-7-17)25-19-11-14-23(15-12-19)20(24)22-13-10-16-4-2-1-3-5-16/h1-9,19H,10-15H2,(H,22,24). The third-order valence-electron chi connectivity index (χ3n) is 4.38. The molecular formula is C20H23FN2O2. The number of likely N-dealkylation sites (tertiary alicyclic amines) is 1. The van der Waals surface area contributed by atoms with Gasteiger partial charge in [-0.25, -0.2) is 9.18 Å². The molecule has 0 aliphatic carbocycles. The first kappa shape index (κ1) is 17.3. The van der Waals surface area contributed by atoms with Crippen LogP contribution in [0.5, 0.6) is 5.75 Å². The topological polar surface area (TPSA) is 41.6 Å². The predicted octanol–water partition coefficient (Wildman–Crippen LogP) is 3.62. The number of ether oxygens (including phenoxy) is 1. The largest absolute Gasteiger partial charge is 0.490 e. The fourth-order valence-corrected chi connectivity index (χ4v) is 2.95. The summed E-state index contributed by atoms with van der Waals surface area (Å²) in [7, 11) is 0. The number of nitrogens with zero attached hydrogens (tertiary/aromatic N) is 1. The summed E-state index contributed by atoms with van der Waals surface area (Å²) in [6, 6.07) is 16.2. The summed E-state index contributed by atoms with van der Waals surface area (Å²) in [5.41, 5.74) is 1.22. The molecule has 0 aromatic heterocycles. The van der Waals surface area contributed by atoms with E-state index in [1.807, 2.05) is 23.1 Å². The predicted molar refractivity (Wildman–Crippen MR) is 95.2 cm³/mol. The van der Waals surface area contributed by atoms with E-state index in [0.29, 0.717) is 25.4 Å². The van der Waals surface area contributed by atoms with Gasteiger partial charge in [-0.05, 0) is 36.2 Å². The van der Waals surface area contributed by atoms with Crippen LogP contribution in [0.3, 0.4) is 0 Å². The van der Waals surface area contributed by atoms with Gasteiger partial charge in [0.15, 0.2) is 0 Å². The third kappa shape index (κ3) is 5.21. The molecule has 1 aliphatic heterocycles. The van der Waals surface area contributed by atoms with Gasteiger partial charge in [0.05, 0.1) is 0 Å². The van der Waals surface area contributed by atoms with Gasteiger partial charge in [0.25, 0.3) is 0 Å². The van der Waals surface area contributed by atoms with Gasteiger partial charge in [0, 0.05) is 32.5 Å². The van der Waals surface area contributed by atoms with Crippen molar-refractivity contribution >= 4 is 6.03 Å². The van der Waals surface area contributed by atoms with Crippen molar-refractivity contribution in [1.29, 1.82) is 0 Å². The molecular weight excluding hydrogens is 319 g/mol. The SMILES string of the molecule is O=C(NCCc1ccccc1)N1CCC(Oc2ccc(F)cc2)CC1. The minimum absolute atomic E-state index is 0.0174. The van der Waals surface area contributed by atoms with Crippen LogP contribution in [-0.4, -0.2) is 36.7 Å². The Kier molecular flexibility index (Phi) is 5.88. The number of hydrogen-bond donors (Lipinski definition) is 1. The highest BCUT2D eigenvalue weighted by atomic mass is 19.1. The Hall–Kier alpha value is -2.56. The first-order valence-corrected chi connectivity index (χ1v) is 8.69. The zero-order valence-corrected chi connectivity index (χ0v) is 14.2. The van der Waals surface area contributed by atoms with E-state index < -0.39 is 0 Å². The molecule has 4 nitrogen and oxygen atoms in total. The molecule has 0 radical (unpaired) electrons. The lowest BCUT2D eigenvalue weighted by Crippen LogP contribution is -2.46. The number of rotatable bonds is 5. The lowest BCUT2D eigenvalue weighted by atomic mass is 10.1. The molecule has 1 fully saturated rings. The van der Waals surface area contributed by atoms with Crippen LogP contribution in [-0.2, 0) is 6.42 Å². The van der Waals surface area contributed by atoms with Crippen molar-refractivity contribution < 1.29 is 13.9 Å². The summed E-state index contributed by atoms with van der Waals surface area (Å²) in [6.45, 7) is 1.97. The van der Waals surface area contributed by atoms with Gasteiger partial charge in [-0.1, -0.05) is 30.3 Å². The second-order valence-corrected chi connectivity index (χ2v) is 6.23. The van der Waals surface area contributed by atoms with Crippen LogP contribution in [0.2, 0.25) is 0 Å². The first-order valence-electron chi connectivity index (χ1n) is 8.69.